The summed E-state index contributed by atoms with van der Waals surface area (Å²) >= 11 is 0. The van der Waals surface area contributed by atoms with E-state index >= 15 is 0 Å². The van der Waals surface area contributed by atoms with Crippen molar-refractivity contribution in [2.45, 2.75) is 51.6 Å². The molecule has 0 aliphatic carbocycles. The molecule has 146 valence electrons. The first-order valence-corrected chi connectivity index (χ1v) is 9.85. The van der Waals surface area contributed by atoms with Gasteiger partial charge in [-0.2, -0.15) is 0 Å². The smallest absolute Gasteiger partial charge is 0.227 e. The molecule has 3 rings (SSSR count). The number of nitrogens with zero attached hydrogens (tertiary/aromatic N) is 2. The second-order valence-electron chi connectivity index (χ2n) is 7.87. The van der Waals surface area contributed by atoms with Crippen LogP contribution in [0.3, 0.4) is 0 Å². The van der Waals surface area contributed by atoms with Crippen LogP contribution in [0, 0.1) is 5.92 Å². The van der Waals surface area contributed by atoms with Crippen LogP contribution in [0.1, 0.15) is 38.7 Å². The molecule has 0 bridgehead atoms. The van der Waals surface area contributed by atoms with Crippen molar-refractivity contribution in [3.8, 4) is 0 Å². The first kappa shape index (κ1) is 19.4. The largest absolute Gasteiger partial charge is 0.353 e. The molecule has 1 N–H and O–H groups in total. The van der Waals surface area contributed by atoms with E-state index in [2.05, 4.69) is 5.32 Å². The van der Waals surface area contributed by atoms with Gasteiger partial charge in [0.1, 0.15) is 0 Å². The van der Waals surface area contributed by atoms with Crippen LogP contribution in [0.15, 0.2) is 30.3 Å². The molecule has 0 aromatic heterocycles. The second-order valence-corrected chi connectivity index (χ2v) is 7.87. The van der Waals surface area contributed by atoms with Gasteiger partial charge in [0.25, 0.3) is 0 Å². The summed E-state index contributed by atoms with van der Waals surface area (Å²) < 4.78 is 0. The van der Waals surface area contributed by atoms with Crippen LogP contribution in [-0.4, -0.2) is 59.2 Å². The van der Waals surface area contributed by atoms with Gasteiger partial charge in [0.15, 0.2) is 0 Å². The van der Waals surface area contributed by atoms with E-state index in [1.165, 1.54) is 0 Å². The summed E-state index contributed by atoms with van der Waals surface area (Å²) in [5.74, 6) is -0.0314. The van der Waals surface area contributed by atoms with Gasteiger partial charge >= 0.3 is 0 Å². The maximum absolute atomic E-state index is 12.7. The number of hydrogen-bond acceptors (Lipinski definition) is 3. The summed E-state index contributed by atoms with van der Waals surface area (Å²) in [7, 11) is 0. The maximum Gasteiger partial charge on any atom is 0.227 e. The number of hydrogen-bond donors (Lipinski definition) is 1. The van der Waals surface area contributed by atoms with Gasteiger partial charge in [0.05, 0.1) is 12.3 Å². The topological polar surface area (TPSA) is 69.7 Å². The second kappa shape index (κ2) is 8.55. The molecule has 27 heavy (non-hydrogen) atoms. The van der Waals surface area contributed by atoms with Crippen LogP contribution in [0.5, 0.6) is 0 Å². The molecular formula is C21H29N3O3. The molecule has 0 saturated carbocycles. The van der Waals surface area contributed by atoms with Crippen molar-refractivity contribution >= 4 is 17.7 Å². The van der Waals surface area contributed by atoms with Gasteiger partial charge in [0.2, 0.25) is 17.7 Å². The molecule has 1 atom stereocenters. The number of benzene rings is 1. The van der Waals surface area contributed by atoms with Crippen molar-refractivity contribution in [3.63, 3.8) is 0 Å². The number of nitrogens with one attached hydrogen (secondary N) is 1. The SMILES string of the molecule is CC(C)N1CC(C(=O)N2CCC(NC(=O)Cc3ccccc3)CC2)CC1=O. The molecule has 1 aromatic carbocycles. The zero-order chi connectivity index (χ0) is 19.4. The lowest BCUT2D eigenvalue weighted by Crippen LogP contribution is -2.48. The molecule has 0 spiro atoms. The van der Waals surface area contributed by atoms with Crippen molar-refractivity contribution in [2.75, 3.05) is 19.6 Å². The minimum absolute atomic E-state index is 0.0277. The van der Waals surface area contributed by atoms with Gasteiger partial charge in [-0.3, -0.25) is 14.4 Å². The first-order chi connectivity index (χ1) is 12.9. The first-order valence-electron chi connectivity index (χ1n) is 9.85. The molecule has 3 amide bonds. The predicted octanol–water partition coefficient (Wildman–Crippen LogP) is 1.59. The Morgan fingerprint density at radius 3 is 2.41 bits per heavy atom. The maximum atomic E-state index is 12.7. The third-order valence-corrected chi connectivity index (χ3v) is 5.51. The van der Waals surface area contributed by atoms with Gasteiger partial charge in [0, 0.05) is 38.1 Å². The zero-order valence-corrected chi connectivity index (χ0v) is 16.2. The van der Waals surface area contributed by atoms with Crippen LogP contribution >= 0.6 is 0 Å². The standard InChI is InChI=1S/C21H29N3O3/c1-15(2)24-14-17(13-20(24)26)21(27)23-10-8-18(9-11-23)22-19(25)12-16-6-4-3-5-7-16/h3-7,15,17-18H,8-14H2,1-2H3,(H,22,25). The van der Waals surface area contributed by atoms with E-state index in [9.17, 15) is 14.4 Å². The van der Waals surface area contributed by atoms with Gasteiger partial charge in [-0.05, 0) is 32.3 Å². The lowest BCUT2D eigenvalue weighted by molar-refractivity contribution is -0.137. The summed E-state index contributed by atoms with van der Waals surface area (Å²) in [6, 6.07) is 9.95. The molecule has 0 radical (unpaired) electrons. The van der Waals surface area contributed by atoms with Crippen LogP contribution in [0.25, 0.3) is 0 Å². The summed E-state index contributed by atoms with van der Waals surface area (Å²) in [6.45, 7) is 5.77. The van der Waals surface area contributed by atoms with Crippen LogP contribution < -0.4 is 5.32 Å². The van der Waals surface area contributed by atoms with Crippen molar-refractivity contribution in [1.82, 2.24) is 15.1 Å². The fourth-order valence-corrected chi connectivity index (χ4v) is 3.96. The number of amides is 3. The Labute approximate surface area is 160 Å². The molecule has 1 unspecified atom stereocenters. The van der Waals surface area contributed by atoms with E-state index in [0.29, 0.717) is 32.5 Å². The highest BCUT2D eigenvalue weighted by Crippen LogP contribution is 2.23. The fourth-order valence-electron chi connectivity index (χ4n) is 3.96. The Kier molecular flexibility index (Phi) is 6.14. The number of carbonyl (C=O) groups is 3. The average Bonchev–Trinajstić information content (AvgIpc) is 3.04. The summed E-state index contributed by atoms with van der Waals surface area (Å²) in [4.78, 5) is 40.6. The third-order valence-electron chi connectivity index (χ3n) is 5.51. The van der Waals surface area contributed by atoms with Crippen molar-refractivity contribution in [1.29, 1.82) is 0 Å². The highest BCUT2D eigenvalue weighted by Gasteiger charge is 2.38. The zero-order valence-electron chi connectivity index (χ0n) is 16.2. The van der Waals surface area contributed by atoms with Crippen LogP contribution in [-0.2, 0) is 20.8 Å². The highest BCUT2D eigenvalue weighted by molar-refractivity contribution is 5.89. The average molecular weight is 371 g/mol. The number of carbonyl (C=O) groups excluding carboxylic acids is 3. The van der Waals surface area contributed by atoms with Crippen molar-refractivity contribution in [2.24, 2.45) is 5.92 Å². The van der Waals surface area contributed by atoms with E-state index in [1.54, 1.807) is 4.90 Å². The Bertz CT molecular complexity index is 681. The van der Waals surface area contributed by atoms with Crippen molar-refractivity contribution in [3.05, 3.63) is 35.9 Å². The monoisotopic (exact) mass is 371 g/mol. The number of rotatable bonds is 5. The molecule has 6 nitrogen and oxygen atoms in total. The van der Waals surface area contributed by atoms with E-state index in [1.807, 2.05) is 49.1 Å². The Hall–Kier alpha value is -2.37. The van der Waals surface area contributed by atoms with Crippen LogP contribution in [0.2, 0.25) is 0 Å². The number of piperidine rings is 1. The highest BCUT2D eigenvalue weighted by atomic mass is 16.2. The lowest BCUT2D eigenvalue weighted by atomic mass is 10.0. The van der Waals surface area contributed by atoms with E-state index < -0.39 is 0 Å². The van der Waals surface area contributed by atoms with Gasteiger partial charge in [-0.15, -0.1) is 0 Å². The quantitative estimate of drug-likeness (QED) is 0.855. The molecule has 6 heteroatoms. The predicted molar refractivity (Wildman–Crippen MR) is 103 cm³/mol. The van der Waals surface area contributed by atoms with Gasteiger partial charge < -0.3 is 15.1 Å². The molecule has 2 fully saturated rings. The van der Waals surface area contributed by atoms with Crippen molar-refractivity contribution < 1.29 is 14.4 Å². The normalized spacial score (nSPS) is 21.0. The lowest BCUT2D eigenvalue weighted by Gasteiger charge is -2.34. The fraction of sp³-hybridized carbons (Fsp3) is 0.571. The van der Waals surface area contributed by atoms with Gasteiger partial charge in [-0.1, -0.05) is 30.3 Å². The molecule has 2 heterocycles. The van der Waals surface area contributed by atoms with E-state index in [0.717, 1.165) is 18.4 Å². The number of likely N-dealkylation sites (tertiary alicyclic amines) is 2. The van der Waals surface area contributed by atoms with E-state index in [4.69, 9.17) is 0 Å². The molecule has 1 aromatic rings. The van der Waals surface area contributed by atoms with E-state index in [-0.39, 0.29) is 35.7 Å². The molecular weight excluding hydrogens is 342 g/mol. The third kappa shape index (κ3) is 4.87. The Balaban J connectivity index is 1.44. The minimum Gasteiger partial charge on any atom is -0.353 e. The van der Waals surface area contributed by atoms with Gasteiger partial charge in [-0.25, -0.2) is 0 Å². The molecule has 2 saturated heterocycles. The molecule has 2 aliphatic heterocycles. The Morgan fingerprint density at radius 1 is 1.15 bits per heavy atom. The summed E-state index contributed by atoms with van der Waals surface area (Å²) in [6.07, 6.45) is 2.24. The van der Waals surface area contributed by atoms with Crippen LogP contribution in [0.4, 0.5) is 0 Å². The summed E-state index contributed by atoms with van der Waals surface area (Å²) in [5.41, 5.74) is 1.00. The summed E-state index contributed by atoms with van der Waals surface area (Å²) in [5, 5.41) is 3.09. The molecule has 2 aliphatic rings. The Morgan fingerprint density at radius 2 is 1.81 bits per heavy atom. The minimum atomic E-state index is -0.218.